The average molecular weight is 331 g/mol. The summed E-state index contributed by atoms with van der Waals surface area (Å²) in [7, 11) is 0. The Morgan fingerprint density at radius 3 is 2.72 bits per heavy atom. The molecule has 0 atom stereocenters. The first-order valence-corrected chi connectivity index (χ1v) is 7.91. The molecule has 0 unspecified atom stereocenters. The largest absolute Gasteiger partial charge is 0.312 e. The molecule has 0 saturated heterocycles. The second-order valence-corrected chi connectivity index (χ2v) is 7.03. The third kappa shape index (κ3) is 3.97. The van der Waals surface area contributed by atoms with E-state index in [2.05, 4.69) is 34.2 Å². The number of rotatable bonds is 4. The van der Waals surface area contributed by atoms with Crippen molar-refractivity contribution in [1.29, 1.82) is 0 Å². The molecule has 0 spiro atoms. The number of hydrogen-bond donors (Lipinski definition) is 1. The highest BCUT2D eigenvalue weighted by Crippen LogP contribution is 2.35. The summed E-state index contributed by atoms with van der Waals surface area (Å²) in [5, 5.41) is 4.42. The standard InChI is InChI=1S/C15H21BrClN/c1-15(7-3-2-4-8-15)11-18-10-12-9-13(16)5-6-14(12)17/h5-6,9,18H,2-4,7-8,10-11H2,1H3. The van der Waals surface area contributed by atoms with Crippen molar-refractivity contribution >= 4 is 27.5 Å². The minimum Gasteiger partial charge on any atom is -0.312 e. The van der Waals surface area contributed by atoms with Crippen LogP contribution in [0.3, 0.4) is 0 Å². The predicted octanol–water partition coefficient (Wildman–Crippen LogP) is 5.16. The first-order valence-electron chi connectivity index (χ1n) is 6.74. The van der Waals surface area contributed by atoms with E-state index >= 15 is 0 Å². The molecule has 1 aliphatic carbocycles. The van der Waals surface area contributed by atoms with E-state index in [0.29, 0.717) is 5.41 Å². The predicted molar refractivity (Wildman–Crippen MR) is 82.1 cm³/mol. The molecule has 1 N–H and O–H groups in total. The van der Waals surface area contributed by atoms with Crippen molar-refractivity contribution in [3.8, 4) is 0 Å². The van der Waals surface area contributed by atoms with Gasteiger partial charge in [0.15, 0.2) is 0 Å². The molecule has 18 heavy (non-hydrogen) atoms. The average Bonchev–Trinajstić information content (AvgIpc) is 2.34. The normalized spacial score (nSPS) is 18.8. The first-order chi connectivity index (χ1) is 8.59. The highest BCUT2D eigenvalue weighted by Gasteiger charge is 2.25. The molecule has 100 valence electrons. The van der Waals surface area contributed by atoms with E-state index in [9.17, 15) is 0 Å². The summed E-state index contributed by atoms with van der Waals surface area (Å²) in [6, 6.07) is 6.03. The van der Waals surface area contributed by atoms with E-state index in [1.54, 1.807) is 0 Å². The van der Waals surface area contributed by atoms with Crippen LogP contribution in [0.5, 0.6) is 0 Å². The van der Waals surface area contributed by atoms with Crippen molar-refractivity contribution in [2.45, 2.75) is 45.6 Å². The highest BCUT2D eigenvalue weighted by atomic mass is 79.9. The molecule has 0 radical (unpaired) electrons. The van der Waals surface area contributed by atoms with Gasteiger partial charge in [-0.3, -0.25) is 0 Å². The van der Waals surface area contributed by atoms with E-state index in [1.165, 1.54) is 37.7 Å². The SMILES string of the molecule is CC1(CNCc2cc(Br)ccc2Cl)CCCCC1. The molecule has 1 aromatic carbocycles. The van der Waals surface area contributed by atoms with Crippen molar-refractivity contribution in [3.63, 3.8) is 0 Å². The lowest BCUT2D eigenvalue weighted by atomic mass is 9.76. The van der Waals surface area contributed by atoms with E-state index in [4.69, 9.17) is 11.6 Å². The maximum absolute atomic E-state index is 6.19. The summed E-state index contributed by atoms with van der Waals surface area (Å²) in [6.07, 6.45) is 6.89. The molecule has 1 nitrogen and oxygen atoms in total. The van der Waals surface area contributed by atoms with Crippen LogP contribution in [0.25, 0.3) is 0 Å². The third-order valence-electron chi connectivity index (χ3n) is 3.94. The summed E-state index contributed by atoms with van der Waals surface area (Å²) in [5.41, 5.74) is 1.65. The Kier molecular flexibility index (Phi) is 5.11. The molecule has 0 aromatic heterocycles. The lowest BCUT2D eigenvalue weighted by Gasteiger charge is -2.33. The van der Waals surface area contributed by atoms with E-state index in [-0.39, 0.29) is 0 Å². The van der Waals surface area contributed by atoms with Gasteiger partial charge in [0.25, 0.3) is 0 Å². The van der Waals surface area contributed by atoms with Crippen LogP contribution in [0.4, 0.5) is 0 Å². The van der Waals surface area contributed by atoms with Crippen LogP contribution in [-0.2, 0) is 6.54 Å². The Balaban J connectivity index is 1.86. The van der Waals surface area contributed by atoms with Crippen molar-refractivity contribution in [2.75, 3.05) is 6.54 Å². The number of benzene rings is 1. The molecule has 2 rings (SSSR count). The van der Waals surface area contributed by atoms with E-state index < -0.39 is 0 Å². The van der Waals surface area contributed by atoms with Gasteiger partial charge >= 0.3 is 0 Å². The minimum atomic E-state index is 0.483. The second kappa shape index (κ2) is 6.40. The van der Waals surface area contributed by atoms with E-state index in [0.717, 1.165) is 22.6 Å². The van der Waals surface area contributed by atoms with Gasteiger partial charge in [0, 0.05) is 22.6 Å². The van der Waals surface area contributed by atoms with Gasteiger partial charge in [-0.1, -0.05) is 53.7 Å². The van der Waals surface area contributed by atoms with Gasteiger partial charge in [0.1, 0.15) is 0 Å². The summed E-state index contributed by atoms with van der Waals surface area (Å²) >= 11 is 9.68. The molecular weight excluding hydrogens is 310 g/mol. The lowest BCUT2D eigenvalue weighted by Crippen LogP contribution is -2.33. The van der Waals surface area contributed by atoms with Crippen LogP contribution in [0.15, 0.2) is 22.7 Å². The van der Waals surface area contributed by atoms with E-state index in [1.807, 2.05) is 12.1 Å². The zero-order valence-electron chi connectivity index (χ0n) is 10.9. The van der Waals surface area contributed by atoms with Crippen molar-refractivity contribution in [2.24, 2.45) is 5.41 Å². The summed E-state index contributed by atoms with van der Waals surface area (Å²) < 4.78 is 1.09. The summed E-state index contributed by atoms with van der Waals surface area (Å²) in [5.74, 6) is 0. The number of nitrogens with one attached hydrogen (secondary N) is 1. The van der Waals surface area contributed by atoms with Crippen LogP contribution >= 0.6 is 27.5 Å². The van der Waals surface area contributed by atoms with Gasteiger partial charge in [-0.25, -0.2) is 0 Å². The molecule has 0 heterocycles. The molecule has 1 aromatic rings. The van der Waals surface area contributed by atoms with Gasteiger partial charge < -0.3 is 5.32 Å². The summed E-state index contributed by atoms with van der Waals surface area (Å²) in [4.78, 5) is 0. The van der Waals surface area contributed by atoms with Gasteiger partial charge in [-0.05, 0) is 42.0 Å². The number of halogens is 2. The first kappa shape index (κ1) is 14.4. The molecule has 1 saturated carbocycles. The molecule has 3 heteroatoms. The van der Waals surface area contributed by atoms with Crippen LogP contribution < -0.4 is 5.32 Å². The zero-order chi connectivity index (χ0) is 13.0. The van der Waals surface area contributed by atoms with Crippen LogP contribution in [-0.4, -0.2) is 6.54 Å². The fraction of sp³-hybridized carbons (Fsp3) is 0.600. The highest BCUT2D eigenvalue weighted by molar-refractivity contribution is 9.10. The van der Waals surface area contributed by atoms with Gasteiger partial charge in [0.2, 0.25) is 0 Å². The zero-order valence-corrected chi connectivity index (χ0v) is 13.3. The van der Waals surface area contributed by atoms with Gasteiger partial charge in [-0.2, -0.15) is 0 Å². The molecular formula is C15H21BrClN. The third-order valence-corrected chi connectivity index (χ3v) is 4.80. The molecule has 0 aliphatic heterocycles. The monoisotopic (exact) mass is 329 g/mol. The summed E-state index contributed by atoms with van der Waals surface area (Å²) in [6.45, 7) is 4.35. The maximum atomic E-state index is 6.19. The molecule has 0 amide bonds. The van der Waals surface area contributed by atoms with Gasteiger partial charge in [0.05, 0.1) is 0 Å². The van der Waals surface area contributed by atoms with Gasteiger partial charge in [-0.15, -0.1) is 0 Å². The van der Waals surface area contributed by atoms with Crippen LogP contribution in [0.1, 0.15) is 44.6 Å². The minimum absolute atomic E-state index is 0.483. The molecule has 1 fully saturated rings. The molecule has 1 aliphatic rings. The molecule has 0 bridgehead atoms. The smallest absolute Gasteiger partial charge is 0.0451 e. The van der Waals surface area contributed by atoms with Crippen molar-refractivity contribution in [1.82, 2.24) is 5.32 Å². The lowest BCUT2D eigenvalue weighted by molar-refractivity contribution is 0.207. The fourth-order valence-electron chi connectivity index (χ4n) is 2.76. The van der Waals surface area contributed by atoms with Crippen molar-refractivity contribution < 1.29 is 0 Å². The van der Waals surface area contributed by atoms with Crippen LogP contribution in [0.2, 0.25) is 5.02 Å². The Morgan fingerprint density at radius 1 is 1.28 bits per heavy atom. The fourth-order valence-corrected chi connectivity index (χ4v) is 3.35. The Bertz CT molecular complexity index is 399. The van der Waals surface area contributed by atoms with Crippen LogP contribution in [0, 0.1) is 5.41 Å². The Labute approximate surface area is 123 Å². The Morgan fingerprint density at radius 2 is 2.00 bits per heavy atom. The Hall–Kier alpha value is -0.0500. The topological polar surface area (TPSA) is 12.0 Å². The maximum Gasteiger partial charge on any atom is 0.0451 e. The second-order valence-electron chi connectivity index (χ2n) is 5.71. The quantitative estimate of drug-likeness (QED) is 0.803. The number of hydrogen-bond acceptors (Lipinski definition) is 1. The van der Waals surface area contributed by atoms with Crippen molar-refractivity contribution in [3.05, 3.63) is 33.3 Å².